The van der Waals surface area contributed by atoms with E-state index in [1.807, 2.05) is 11.0 Å². The van der Waals surface area contributed by atoms with E-state index in [4.69, 9.17) is 4.74 Å². The van der Waals surface area contributed by atoms with Crippen molar-refractivity contribution < 1.29 is 14.6 Å². The molecule has 2 N–H and O–H groups in total. The molecule has 0 aliphatic carbocycles. The zero-order valence-corrected chi connectivity index (χ0v) is 14.1. The maximum atomic E-state index is 12.2. The number of aromatic hydroxyl groups is 1. The number of carbonyl (C=O) groups is 1. The van der Waals surface area contributed by atoms with Crippen LogP contribution >= 0.6 is 11.8 Å². The number of carbonyl (C=O) groups excluding carboxylic acids is 1. The van der Waals surface area contributed by atoms with E-state index in [-0.39, 0.29) is 17.0 Å². The first-order valence-corrected chi connectivity index (χ1v) is 8.95. The summed E-state index contributed by atoms with van der Waals surface area (Å²) in [5.74, 6) is 1.24. The van der Waals surface area contributed by atoms with Crippen molar-refractivity contribution in [2.24, 2.45) is 0 Å². The first kappa shape index (κ1) is 16.4. The fourth-order valence-electron chi connectivity index (χ4n) is 3.02. The summed E-state index contributed by atoms with van der Waals surface area (Å²) in [5.41, 5.74) is 0.944. The quantitative estimate of drug-likeness (QED) is 0.832. The summed E-state index contributed by atoms with van der Waals surface area (Å²) in [6.45, 7) is 5.71. The molecule has 2 saturated heterocycles. The van der Waals surface area contributed by atoms with Gasteiger partial charge in [-0.05, 0) is 17.7 Å². The van der Waals surface area contributed by atoms with Gasteiger partial charge in [-0.3, -0.25) is 9.69 Å². The number of nitrogens with one attached hydrogen (secondary N) is 1. The zero-order chi connectivity index (χ0) is 16.2. The van der Waals surface area contributed by atoms with Crippen LogP contribution in [-0.4, -0.2) is 72.9 Å². The Labute approximate surface area is 140 Å². The molecule has 1 amide bonds. The number of nitrogens with zero attached hydrogens (tertiary/aromatic N) is 2. The van der Waals surface area contributed by atoms with Crippen LogP contribution in [-0.2, 0) is 4.79 Å². The Balaban J connectivity index is 1.67. The van der Waals surface area contributed by atoms with Gasteiger partial charge in [0.15, 0.2) is 11.5 Å². The van der Waals surface area contributed by atoms with Gasteiger partial charge in [0, 0.05) is 39.3 Å². The van der Waals surface area contributed by atoms with Crippen LogP contribution in [0.2, 0.25) is 0 Å². The smallest absolute Gasteiger partial charge is 0.233 e. The minimum absolute atomic E-state index is 0.0257. The molecule has 0 radical (unpaired) electrons. The van der Waals surface area contributed by atoms with Crippen LogP contribution in [0.5, 0.6) is 11.5 Å². The maximum Gasteiger partial charge on any atom is 0.233 e. The molecule has 1 aromatic rings. The maximum absolute atomic E-state index is 12.2. The third-order valence-electron chi connectivity index (χ3n) is 4.32. The van der Waals surface area contributed by atoms with Gasteiger partial charge in [0.2, 0.25) is 5.91 Å². The number of rotatable bonds is 5. The molecule has 126 valence electrons. The molecule has 0 saturated carbocycles. The Morgan fingerprint density at radius 2 is 2.13 bits per heavy atom. The van der Waals surface area contributed by atoms with Crippen LogP contribution in [0.1, 0.15) is 10.9 Å². The molecule has 2 aliphatic heterocycles. The van der Waals surface area contributed by atoms with E-state index in [2.05, 4.69) is 10.2 Å². The lowest BCUT2D eigenvalue weighted by atomic mass is 10.2. The molecule has 2 fully saturated rings. The first-order chi connectivity index (χ1) is 11.2. The summed E-state index contributed by atoms with van der Waals surface area (Å²) in [7, 11) is 1.53. The highest BCUT2D eigenvalue weighted by molar-refractivity contribution is 8.00. The average molecular weight is 337 g/mol. The average Bonchev–Trinajstić information content (AvgIpc) is 2.94. The monoisotopic (exact) mass is 337 g/mol. The van der Waals surface area contributed by atoms with E-state index in [9.17, 15) is 9.90 Å². The lowest BCUT2D eigenvalue weighted by Gasteiger charge is -2.31. The molecule has 1 unspecified atom stereocenters. The number of benzene rings is 1. The lowest BCUT2D eigenvalue weighted by Crippen LogP contribution is -2.46. The first-order valence-electron chi connectivity index (χ1n) is 7.90. The topological polar surface area (TPSA) is 65.0 Å². The van der Waals surface area contributed by atoms with Crippen LogP contribution in [0.4, 0.5) is 0 Å². The van der Waals surface area contributed by atoms with Gasteiger partial charge in [0.25, 0.3) is 0 Å². The minimum Gasteiger partial charge on any atom is -0.504 e. The number of amides is 1. The van der Waals surface area contributed by atoms with Gasteiger partial charge < -0.3 is 20.1 Å². The third-order valence-corrected chi connectivity index (χ3v) is 5.58. The molecule has 0 bridgehead atoms. The molecule has 6 nitrogen and oxygen atoms in total. The van der Waals surface area contributed by atoms with Gasteiger partial charge in [-0.25, -0.2) is 0 Å². The van der Waals surface area contributed by atoms with Crippen molar-refractivity contribution >= 4 is 17.7 Å². The fraction of sp³-hybridized carbons (Fsp3) is 0.562. The Morgan fingerprint density at radius 3 is 2.83 bits per heavy atom. The van der Waals surface area contributed by atoms with Gasteiger partial charge >= 0.3 is 0 Å². The fourth-order valence-corrected chi connectivity index (χ4v) is 4.22. The lowest BCUT2D eigenvalue weighted by molar-refractivity contribution is -0.128. The Hall–Kier alpha value is -1.44. The number of phenols is 1. The second-order valence-electron chi connectivity index (χ2n) is 5.77. The summed E-state index contributed by atoms with van der Waals surface area (Å²) in [6, 6.07) is 5.38. The predicted octanol–water partition coefficient (Wildman–Crippen LogP) is 0.880. The Morgan fingerprint density at radius 1 is 1.35 bits per heavy atom. The Bertz CT molecular complexity index is 564. The van der Waals surface area contributed by atoms with Gasteiger partial charge in [-0.1, -0.05) is 6.07 Å². The van der Waals surface area contributed by atoms with Crippen LogP contribution in [0.25, 0.3) is 0 Å². The van der Waals surface area contributed by atoms with E-state index in [0.717, 1.165) is 44.8 Å². The second kappa shape index (κ2) is 7.42. The molecule has 0 spiro atoms. The zero-order valence-electron chi connectivity index (χ0n) is 13.3. The van der Waals surface area contributed by atoms with Crippen molar-refractivity contribution in [2.75, 3.05) is 52.1 Å². The molecule has 2 aliphatic rings. The highest BCUT2D eigenvalue weighted by atomic mass is 32.2. The number of thioether (sulfide) groups is 1. The van der Waals surface area contributed by atoms with E-state index in [1.165, 1.54) is 7.11 Å². The highest BCUT2D eigenvalue weighted by Crippen LogP contribution is 2.41. The van der Waals surface area contributed by atoms with Crippen molar-refractivity contribution in [3.63, 3.8) is 0 Å². The highest BCUT2D eigenvalue weighted by Gasteiger charge is 2.33. The number of hydrogen-bond donors (Lipinski definition) is 2. The summed E-state index contributed by atoms with van der Waals surface area (Å²) in [5, 5.41) is 13.3. The van der Waals surface area contributed by atoms with Crippen LogP contribution in [0.3, 0.4) is 0 Å². The van der Waals surface area contributed by atoms with E-state index in [0.29, 0.717) is 11.5 Å². The second-order valence-corrected chi connectivity index (χ2v) is 6.84. The van der Waals surface area contributed by atoms with E-state index < -0.39 is 0 Å². The van der Waals surface area contributed by atoms with Crippen LogP contribution < -0.4 is 10.1 Å². The third kappa shape index (κ3) is 3.73. The molecule has 2 heterocycles. The van der Waals surface area contributed by atoms with Crippen LogP contribution in [0, 0.1) is 0 Å². The number of methoxy groups -OCH3 is 1. The summed E-state index contributed by atoms with van der Waals surface area (Å²) >= 11 is 1.61. The Kier molecular flexibility index (Phi) is 5.30. The van der Waals surface area contributed by atoms with Crippen molar-refractivity contribution in [1.29, 1.82) is 0 Å². The SMILES string of the molecule is COc1ccc(C2SCC(=O)N2CCN2CCNCC2)cc1O. The standard InChI is InChI=1S/C16H23N3O3S/c1-22-14-3-2-12(10-13(14)20)16-19(15(21)11-23-16)9-8-18-6-4-17-5-7-18/h2-3,10,16-17,20H,4-9,11H2,1H3. The van der Waals surface area contributed by atoms with Crippen molar-refractivity contribution in [1.82, 2.24) is 15.1 Å². The number of hydrogen-bond acceptors (Lipinski definition) is 6. The molecular weight excluding hydrogens is 314 g/mol. The summed E-state index contributed by atoms with van der Waals surface area (Å²) in [6.07, 6.45) is 0. The summed E-state index contributed by atoms with van der Waals surface area (Å²) < 4.78 is 5.09. The number of piperazine rings is 1. The van der Waals surface area contributed by atoms with E-state index >= 15 is 0 Å². The number of phenolic OH excluding ortho intramolecular Hbond substituents is 1. The molecule has 0 aromatic heterocycles. The van der Waals surface area contributed by atoms with Crippen molar-refractivity contribution in [3.05, 3.63) is 23.8 Å². The summed E-state index contributed by atoms with van der Waals surface area (Å²) in [4.78, 5) is 16.5. The molecule has 1 aromatic carbocycles. The number of ether oxygens (including phenoxy) is 1. The van der Waals surface area contributed by atoms with Gasteiger partial charge in [-0.15, -0.1) is 11.8 Å². The normalized spacial score (nSPS) is 22.6. The van der Waals surface area contributed by atoms with Gasteiger partial charge in [0.1, 0.15) is 5.37 Å². The van der Waals surface area contributed by atoms with Crippen LogP contribution in [0.15, 0.2) is 18.2 Å². The van der Waals surface area contributed by atoms with Crippen molar-refractivity contribution in [3.8, 4) is 11.5 Å². The van der Waals surface area contributed by atoms with Crippen molar-refractivity contribution in [2.45, 2.75) is 5.37 Å². The predicted molar refractivity (Wildman–Crippen MR) is 90.9 cm³/mol. The molecular formula is C16H23N3O3S. The van der Waals surface area contributed by atoms with Gasteiger partial charge in [-0.2, -0.15) is 0 Å². The molecule has 23 heavy (non-hydrogen) atoms. The molecule has 7 heteroatoms. The molecule has 3 rings (SSSR count). The largest absolute Gasteiger partial charge is 0.504 e. The van der Waals surface area contributed by atoms with Gasteiger partial charge in [0.05, 0.1) is 12.9 Å². The van der Waals surface area contributed by atoms with E-state index in [1.54, 1.807) is 23.9 Å². The minimum atomic E-state index is -0.0257. The molecule has 1 atom stereocenters.